The summed E-state index contributed by atoms with van der Waals surface area (Å²) in [5, 5.41) is 13.4. The maximum Gasteiger partial charge on any atom is 0.166 e. The van der Waals surface area contributed by atoms with Crippen LogP contribution in [0.25, 0.3) is 11.0 Å². The largest absolute Gasteiger partial charge is 0.333 e. The van der Waals surface area contributed by atoms with Gasteiger partial charge in [0.15, 0.2) is 5.16 Å². The summed E-state index contributed by atoms with van der Waals surface area (Å²) in [6, 6.07) is 8.54. The molecule has 5 heteroatoms. The van der Waals surface area contributed by atoms with Gasteiger partial charge in [0.2, 0.25) is 0 Å². The van der Waals surface area contributed by atoms with Gasteiger partial charge in [-0.3, -0.25) is 5.32 Å². The fraction of sp³-hybridized carbons (Fsp3) is 0.467. The number of nitriles is 1. The third-order valence-corrected chi connectivity index (χ3v) is 4.15. The van der Waals surface area contributed by atoms with Gasteiger partial charge < -0.3 is 4.98 Å². The number of H-pyrrole nitrogens is 1. The molecule has 20 heavy (non-hydrogen) atoms. The summed E-state index contributed by atoms with van der Waals surface area (Å²) in [5.74, 6) is 0.857. The van der Waals surface area contributed by atoms with Gasteiger partial charge in [-0.15, -0.1) is 0 Å². The lowest BCUT2D eigenvalue weighted by Gasteiger charge is -2.21. The van der Waals surface area contributed by atoms with Gasteiger partial charge in [0.05, 0.1) is 17.1 Å². The number of rotatable bonds is 6. The topological polar surface area (TPSA) is 64.5 Å². The Morgan fingerprint density at radius 2 is 2.30 bits per heavy atom. The second-order valence-electron chi connectivity index (χ2n) is 5.14. The number of thioether (sulfide) groups is 1. The predicted molar refractivity (Wildman–Crippen MR) is 83.9 cm³/mol. The molecular weight excluding hydrogens is 268 g/mol. The summed E-state index contributed by atoms with van der Waals surface area (Å²) in [7, 11) is 0. The molecule has 106 valence electrons. The lowest BCUT2D eigenvalue weighted by molar-refractivity contribution is 0.450. The predicted octanol–water partition coefficient (Wildman–Crippen LogP) is 3.25. The standard InChI is InChI=1S/C15H20N4S/c1-4-17-15(3,10-16)7-8-20-14-18-12-6-5-11(2)9-13(12)19-14/h5-6,9,17H,4,7-8H2,1-3H3,(H,18,19). The third-order valence-electron chi connectivity index (χ3n) is 3.27. The van der Waals surface area contributed by atoms with E-state index in [9.17, 15) is 5.26 Å². The highest BCUT2D eigenvalue weighted by Crippen LogP contribution is 2.22. The van der Waals surface area contributed by atoms with Crippen molar-refractivity contribution >= 4 is 22.8 Å². The van der Waals surface area contributed by atoms with E-state index in [4.69, 9.17) is 0 Å². The van der Waals surface area contributed by atoms with Crippen LogP contribution < -0.4 is 5.32 Å². The molecule has 1 aromatic heterocycles. The van der Waals surface area contributed by atoms with Crippen LogP contribution in [0, 0.1) is 18.3 Å². The van der Waals surface area contributed by atoms with Gasteiger partial charge in [-0.25, -0.2) is 4.98 Å². The molecule has 0 aliphatic carbocycles. The first-order valence-electron chi connectivity index (χ1n) is 6.82. The van der Waals surface area contributed by atoms with E-state index in [0.29, 0.717) is 0 Å². The molecule has 1 heterocycles. The highest BCUT2D eigenvalue weighted by Gasteiger charge is 2.21. The Bertz CT molecular complexity index is 628. The van der Waals surface area contributed by atoms with E-state index in [0.717, 1.165) is 34.9 Å². The van der Waals surface area contributed by atoms with Crippen LogP contribution in [-0.2, 0) is 0 Å². The van der Waals surface area contributed by atoms with E-state index in [1.165, 1.54) is 5.56 Å². The Morgan fingerprint density at radius 3 is 3.00 bits per heavy atom. The first-order valence-corrected chi connectivity index (χ1v) is 7.80. The molecule has 0 fully saturated rings. The maximum atomic E-state index is 9.21. The average molecular weight is 288 g/mol. The molecule has 0 bridgehead atoms. The van der Waals surface area contributed by atoms with Crippen molar-refractivity contribution < 1.29 is 0 Å². The van der Waals surface area contributed by atoms with Crippen molar-refractivity contribution in [2.24, 2.45) is 0 Å². The molecule has 0 amide bonds. The first kappa shape index (κ1) is 14.9. The first-order chi connectivity index (χ1) is 9.56. The molecule has 0 saturated carbocycles. The molecule has 2 N–H and O–H groups in total. The van der Waals surface area contributed by atoms with Crippen LogP contribution in [0.5, 0.6) is 0 Å². The zero-order valence-corrected chi connectivity index (χ0v) is 13.0. The molecule has 4 nitrogen and oxygen atoms in total. The van der Waals surface area contributed by atoms with Gasteiger partial charge in [0.25, 0.3) is 0 Å². The van der Waals surface area contributed by atoms with E-state index >= 15 is 0 Å². The minimum absolute atomic E-state index is 0.454. The van der Waals surface area contributed by atoms with Gasteiger partial charge in [0, 0.05) is 5.75 Å². The molecule has 2 aromatic rings. The number of nitrogens with zero attached hydrogens (tertiary/aromatic N) is 2. The van der Waals surface area contributed by atoms with Crippen molar-refractivity contribution in [1.29, 1.82) is 5.26 Å². The Labute approximate surface area is 124 Å². The molecular formula is C15H20N4S. The Morgan fingerprint density at radius 1 is 1.50 bits per heavy atom. The average Bonchev–Trinajstić information content (AvgIpc) is 2.80. The lowest BCUT2D eigenvalue weighted by Crippen LogP contribution is -2.41. The van der Waals surface area contributed by atoms with E-state index in [1.807, 2.05) is 19.9 Å². The minimum atomic E-state index is -0.454. The zero-order chi connectivity index (χ0) is 14.6. The number of hydrogen-bond acceptors (Lipinski definition) is 4. The summed E-state index contributed by atoms with van der Waals surface area (Å²) >= 11 is 1.66. The van der Waals surface area contributed by atoms with Gasteiger partial charge in [0.1, 0.15) is 5.54 Å². The summed E-state index contributed by atoms with van der Waals surface area (Å²) in [6.07, 6.45) is 0.790. The van der Waals surface area contributed by atoms with Crippen molar-refractivity contribution in [3.63, 3.8) is 0 Å². The third kappa shape index (κ3) is 3.53. The Balaban J connectivity index is 1.98. The van der Waals surface area contributed by atoms with Crippen molar-refractivity contribution in [1.82, 2.24) is 15.3 Å². The van der Waals surface area contributed by atoms with Crippen LogP contribution in [0.4, 0.5) is 0 Å². The molecule has 0 radical (unpaired) electrons. The van der Waals surface area contributed by atoms with Gasteiger partial charge in [-0.05, 0) is 44.5 Å². The monoisotopic (exact) mass is 288 g/mol. The van der Waals surface area contributed by atoms with Crippen LogP contribution in [0.2, 0.25) is 0 Å². The fourth-order valence-corrected chi connectivity index (χ4v) is 3.14. The number of benzene rings is 1. The molecule has 0 saturated heterocycles. The second-order valence-corrected chi connectivity index (χ2v) is 6.22. The number of aromatic amines is 1. The second kappa shape index (κ2) is 6.29. The number of hydrogen-bond donors (Lipinski definition) is 2. The van der Waals surface area contributed by atoms with E-state index in [1.54, 1.807) is 11.8 Å². The van der Waals surface area contributed by atoms with Crippen LogP contribution in [0.3, 0.4) is 0 Å². The van der Waals surface area contributed by atoms with Gasteiger partial charge in [-0.2, -0.15) is 5.26 Å². The Hall–Kier alpha value is -1.51. The molecule has 2 rings (SSSR count). The maximum absolute atomic E-state index is 9.21. The highest BCUT2D eigenvalue weighted by molar-refractivity contribution is 7.99. The number of imidazole rings is 1. The molecule has 0 aliphatic heterocycles. The molecule has 0 aliphatic rings. The van der Waals surface area contributed by atoms with Crippen molar-refractivity contribution in [2.45, 2.75) is 37.9 Å². The van der Waals surface area contributed by atoms with E-state index in [2.05, 4.69) is 40.4 Å². The number of aromatic nitrogens is 2. The summed E-state index contributed by atoms with van der Waals surface area (Å²) in [5.41, 5.74) is 2.83. The minimum Gasteiger partial charge on any atom is -0.333 e. The number of aryl methyl sites for hydroxylation is 1. The summed E-state index contributed by atoms with van der Waals surface area (Å²) < 4.78 is 0. The van der Waals surface area contributed by atoms with Crippen molar-refractivity contribution in [3.8, 4) is 6.07 Å². The van der Waals surface area contributed by atoms with Crippen molar-refractivity contribution in [3.05, 3.63) is 23.8 Å². The van der Waals surface area contributed by atoms with E-state index in [-0.39, 0.29) is 0 Å². The normalized spacial score (nSPS) is 14.1. The molecule has 1 atom stereocenters. The fourth-order valence-electron chi connectivity index (χ4n) is 2.09. The van der Waals surface area contributed by atoms with E-state index < -0.39 is 5.54 Å². The van der Waals surface area contributed by atoms with Crippen LogP contribution in [-0.4, -0.2) is 27.8 Å². The highest BCUT2D eigenvalue weighted by atomic mass is 32.2. The van der Waals surface area contributed by atoms with Crippen molar-refractivity contribution in [2.75, 3.05) is 12.3 Å². The summed E-state index contributed by atoms with van der Waals surface area (Å²) in [4.78, 5) is 7.87. The summed E-state index contributed by atoms with van der Waals surface area (Å²) in [6.45, 7) is 6.84. The van der Waals surface area contributed by atoms with Gasteiger partial charge in [-0.1, -0.05) is 24.8 Å². The smallest absolute Gasteiger partial charge is 0.166 e. The zero-order valence-electron chi connectivity index (χ0n) is 12.2. The molecule has 1 aromatic carbocycles. The van der Waals surface area contributed by atoms with Crippen LogP contribution in [0.1, 0.15) is 25.8 Å². The number of fused-ring (bicyclic) bond motifs is 1. The molecule has 0 spiro atoms. The number of nitrogens with one attached hydrogen (secondary N) is 2. The SMILES string of the molecule is CCNC(C)(C#N)CCSc1nc2ccc(C)cc2[nH]1. The lowest BCUT2D eigenvalue weighted by atomic mass is 10.0. The Kier molecular flexibility index (Phi) is 4.69. The van der Waals surface area contributed by atoms with Crippen LogP contribution >= 0.6 is 11.8 Å². The quantitative estimate of drug-likeness (QED) is 0.801. The van der Waals surface area contributed by atoms with Crippen LogP contribution in [0.15, 0.2) is 23.4 Å². The van der Waals surface area contributed by atoms with Gasteiger partial charge >= 0.3 is 0 Å². The molecule has 1 unspecified atom stereocenters.